The van der Waals surface area contributed by atoms with Gasteiger partial charge in [-0.25, -0.2) is 0 Å². The summed E-state index contributed by atoms with van der Waals surface area (Å²) in [5.41, 5.74) is -0.0825. The molecule has 0 radical (unpaired) electrons. The number of rotatable bonds is 3. The van der Waals surface area contributed by atoms with Crippen LogP contribution in [-0.2, 0) is 9.59 Å². The van der Waals surface area contributed by atoms with E-state index in [1.54, 1.807) is 0 Å². The first-order valence-corrected chi connectivity index (χ1v) is 5.68. The Hall–Kier alpha value is -1.12. The van der Waals surface area contributed by atoms with Crippen LogP contribution in [0.15, 0.2) is 28.7 Å². The number of ether oxygens (including phenoxy) is 1. The number of halogens is 1. The van der Waals surface area contributed by atoms with Crippen LogP contribution in [0.2, 0.25) is 0 Å². The first-order chi connectivity index (χ1) is 7.45. The van der Waals surface area contributed by atoms with E-state index in [1.807, 2.05) is 24.3 Å². The SMILES string of the molecule is CCC(C)(C)Oc1cccc(Br)c1.O=C=O. The summed E-state index contributed by atoms with van der Waals surface area (Å²) in [6.07, 6.45) is 1.25. The molecule has 0 aliphatic heterocycles. The lowest BCUT2D eigenvalue weighted by Crippen LogP contribution is -2.26. The standard InChI is InChI=1S/C11H15BrO.CO2/c1-4-11(2,3)13-10-7-5-6-9(12)8-10;2-1-3/h5-8H,4H2,1-3H3;. The van der Waals surface area contributed by atoms with E-state index in [4.69, 9.17) is 14.3 Å². The molecular weight excluding hydrogens is 272 g/mol. The molecule has 0 bridgehead atoms. The minimum Gasteiger partial charge on any atom is -0.488 e. The third-order valence-corrected chi connectivity index (χ3v) is 2.53. The van der Waals surface area contributed by atoms with E-state index in [2.05, 4.69) is 36.7 Å². The summed E-state index contributed by atoms with van der Waals surface area (Å²) < 4.78 is 6.85. The number of hydrogen-bond donors (Lipinski definition) is 0. The average Bonchev–Trinajstić information content (AvgIpc) is 2.18. The number of carbonyl (C=O) groups excluding carboxylic acids is 2. The highest BCUT2D eigenvalue weighted by molar-refractivity contribution is 9.10. The summed E-state index contributed by atoms with van der Waals surface area (Å²) in [6.45, 7) is 6.31. The third-order valence-electron chi connectivity index (χ3n) is 2.04. The summed E-state index contributed by atoms with van der Waals surface area (Å²) in [7, 11) is 0. The molecule has 0 unspecified atom stereocenters. The maximum Gasteiger partial charge on any atom is 0.373 e. The van der Waals surface area contributed by atoms with Gasteiger partial charge in [-0.1, -0.05) is 28.9 Å². The quantitative estimate of drug-likeness (QED) is 0.855. The van der Waals surface area contributed by atoms with Crippen molar-refractivity contribution in [2.24, 2.45) is 0 Å². The molecule has 0 saturated carbocycles. The van der Waals surface area contributed by atoms with Gasteiger partial charge in [0.05, 0.1) is 0 Å². The molecule has 0 aliphatic rings. The highest BCUT2D eigenvalue weighted by Gasteiger charge is 2.16. The fourth-order valence-corrected chi connectivity index (χ4v) is 1.30. The van der Waals surface area contributed by atoms with Crippen LogP contribution in [0.5, 0.6) is 5.75 Å². The predicted octanol–water partition coefficient (Wildman–Crippen LogP) is 3.43. The Labute approximate surface area is 104 Å². The van der Waals surface area contributed by atoms with Gasteiger partial charge in [-0.2, -0.15) is 9.59 Å². The molecule has 1 rings (SSSR count). The minimum absolute atomic E-state index is 0.0825. The molecule has 1 aromatic carbocycles. The van der Waals surface area contributed by atoms with Crippen LogP contribution in [0.1, 0.15) is 27.2 Å². The topological polar surface area (TPSA) is 43.4 Å². The molecule has 0 N–H and O–H groups in total. The summed E-state index contributed by atoms with van der Waals surface area (Å²) in [5, 5.41) is 0. The largest absolute Gasteiger partial charge is 0.488 e. The van der Waals surface area contributed by atoms with Gasteiger partial charge in [-0.3, -0.25) is 0 Å². The van der Waals surface area contributed by atoms with Crippen molar-refractivity contribution in [3.05, 3.63) is 28.7 Å². The van der Waals surface area contributed by atoms with Gasteiger partial charge in [0.25, 0.3) is 0 Å². The van der Waals surface area contributed by atoms with Crippen molar-refractivity contribution in [1.29, 1.82) is 0 Å². The van der Waals surface area contributed by atoms with E-state index in [0.29, 0.717) is 0 Å². The van der Waals surface area contributed by atoms with Crippen molar-refractivity contribution in [3.8, 4) is 5.75 Å². The fourth-order valence-electron chi connectivity index (χ4n) is 0.922. The zero-order valence-electron chi connectivity index (χ0n) is 9.62. The summed E-state index contributed by atoms with van der Waals surface area (Å²) >= 11 is 3.41. The fraction of sp³-hybridized carbons (Fsp3) is 0.417. The normalized spacial score (nSPS) is 9.75. The zero-order chi connectivity index (χ0) is 12.6. The lowest BCUT2D eigenvalue weighted by molar-refractivity contribution is -0.191. The molecule has 4 heteroatoms. The van der Waals surface area contributed by atoms with Gasteiger partial charge in [0.2, 0.25) is 0 Å². The van der Waals surface area contributed by atoms with Crippen LogP contribution in [0.25, 0.3) is 0 Å². The maximum absolute atomic E-state index is 8.12. The van der Waals surface area contributed by atoms with E-state index < -0.39 is 0 Å². The Morgan fingerprint density at radius 3 is 2.38 bits per heavy atom. The summed E-state index contributed by atoms with van der Waals surface area (Å²) in [6, 6.07) is 7.93. The molecule has 0 heterocycles. The van der Waals surface area contributed by atoms with Crippen molar-refractivity contribution < 1.29 is 14.3 Å². The lowest BCUT2D eigenvalue weighted by Gasteiger charge is -2.24. The molecule has 0 atom stereocenters. The Balaban J connectivity index is 0.000000673. The molecule has 3 nitrogen and oxygen atoms in total. The lowest BCUT2D eigenvalue weighted by atomic mass is 10.1. The van der Waals surface area contributed by atoms with E-state index in [0.717, 1.165) is 16.6 Å². The Morgan fingerprint density at radius 2 is 1.94 bits per heavy atom. The van der Waals surface area contributed by atoms with Crippen LogP contribution >= 0.6 is 15.9 Å². The molecule has 16 heavy (non-hydrogen) atoms. The number of hydrogen-bond acceptors (Lipinski definition) is 3. The van der Waals surface area contributed by atoms with Gasteiger partial charge in [-0.15, -0.1) is 0 Å². The monoisotopic (exact) mass is 286 g/mol. The minimum atomic E-state index is -0.0825. The smallest absolute Gasteiger partial charge is 0.373 e. The Kier molecular flexibility index (Phi) is 6.70. The van der Waals surface area contributed by atoms with Crippen LogP contribution in [0.3, 0.4) is 0 Å². The molecule has 88 valence electrons. The van der Waals surface area contributed by atoms with Gasteiger partial charge in [0.1, 0.15) is 11.4 Å². The zero-order valence-corrected chi connectivity index (χ0v) is 11.2. The third kappa shape index (κ3) is 6.38. The van der Waals surface area contributed by atoms with Crippen molar-refractivity contribution in [3.63, 3.8) is 0 Å². The van der Waals surface area contributed by atoms with Crippen LogP contribution < -0.4 is 4.74 Å². The van der Waals surface area contributed by atoms with E-state index in [1.165, 1.54) is 0 Å². The second-order valence-corrected chi connectivity index (χ2v) is 4.67. The highest BCUT2D eigenvalue weighted by atomic mass is 79.9. The average molecular weight is 287 g/mol. The molecule has 0 amide bonds. The molecule has 0 fully saturated rings. The summed E-state index contributed by atoms with van der Waals surface area (Å²) in [5.74, 6) is 0.918. The Bertz CT molecular complexity index is 355. The molecule has 0 saturated heterocycles. The molecule has 0 aromatic heterocycles. The summed E-state index contributed by atoms with van der Waals surface area (Å²) in [4.78, 5) is 16.2. The second kappa shape index (κ2) is 7.20. The molecule has 0 spiro atoms. The van der Waals surface area contributed by atoms with Crippen molar-refractivity contribution in [2.45, 2.75) is 32.8 Å². The van der Waals surface area contributed by atoms with Gasteiger partial charge < -0.3 is 4.74 Å². The molecular formula is C12H15BrO3. The first-order valence-electron chi connectivity index (χ1n) is 4.89. The van der Waals surface area contributed by atoms with E-state index in [9.17, 15) is 0 Å². The van der Waals surface area contributed by atoms with Crippen LogP contribution in [0.4, 0.5) is 0 Å². The van der Waals surface area contributed by atoms with Gasteiger partial charge in [0.15, 0.2) is 0 Å². The highest BCUT2D eigenvalue weighted by Crippen LogP contribution is 2.23. The Morgan fingerprint density at radius 1 is 1.38 bits per heavy atom. The van der Waals surface area contributed by atoms with Crippen LogP contribution in [-0.4, -0.2) is 11.8 Å². The van der Waals surface area contributed by atoms with Gasteiger partial charge >= 0.3 is 6.15 Å². The molecule has 1 aromatic rings. The van der Waals surface area contributed by atoms with Gasteiger partial charge in [0, 0.05) is 4.47 Å². The number of benzene rings is 1. The van der Waals surface area contributed by atoms with Gasteiger partial charge in [-0.05, 0) is 38.5 Å². The maximum atomic E-state index is 8.12. The van der Waals surface area contributed by atoms with E-state index in [-0.39, 0.29) is 11.8 Å². The van der Waals surface area contributed by atoms with Crippen molar-refractivity contribution in [2.75, 3.05) is 0 Å². The van der Waals surface area contributed by atoms with E-state index >= 15 is 0 Å². The van der Waals surface area contributed by atoms with Crippen molar-refractivity contribution >= 4 is 22.1 Å². The van der Waals surface area contributed by atoms with Crippen LogP contribution in [0, 0.1) is 0 Å². The molecule has 0 aliphatic carbocycles. The predicted molar refractivity (Wildman–Crippen MR) is 64.1 cm³/mol. The second-order valence-electron chi connectivity index (χ2n) is 3.76. The van der Waals surface area contributed by atoms with Crippen molar-refractivity contribution in [1.82, 2.24) is 0 Å². The first kappa shape index (κ1) is 14.9.